The summed E-state index contributed by atoms with van der Waals surface area (Å²) < 4.78 is 4.96. The first kappa shape index (κ1) is 13.0. The molecule has 7 heteroatoms. The van der Waals surface area contributed by atoms with Gasteiger partial charge in [-0.3, -0.25) is 19.3 Å². The van der Waals surface area contributed by atoms with Crippen molar-refractivity contribution in [2.45, 2.75) is 31.3 Å². The van der Waals surface area contributed by atoms with Crippen LogP contribution in [0.1, 0.15) is 19.3 Å². The number of nitrogens with zero attached hydrogens (tertiary/aromatic N) is 1. The van der Waals surface area contributed by atoms with Gasteiger partial charge in [0.2, 0.25) is 17.7 Å². The fraction of sp³-hybridized carbons (Fsp3) is 0.727. The molecule has 0 aromatic rings. The van der Waals surface area contributed by atoms with Crippen LogP contribution in [0.25, 0.3) is 0 Å². The molecule has 1 atom stereocenters. The number of ether oxygens (including phenoxy) is 1. The Hall–Kier alpha value is -1.47. The normalized spacial score (nSPS) is 23.8. The number of rotatable bonds is 7. The van der Waals surface area contributed by atoms with Crippen LogP contribution in [0.2, 0.25) is 0 Å². The van der Waals surface area contributed by atoms with E-state index < -0.39 is 11.9 Å². The van der Waals surface area contributed by atoms with Gasteiger partial charge in [0.1, 0.15) is 6.61 Å². The molecule has 1 aliphatic carbocycles. The Bertz CT molecular complexity index is 367. The third-order valence-corrected chi connectivity index (χ3v) is 2.98. The van der Waals surface area contributed by atoms with Crippen molar-refractivity contribution in [3.8, 4) is 0 Å². The van der Waals surface area contributed by atoms with Crippen LogP contribution in [-0.4, -0.2) is 54.5 Å². The van der Waals surface area contributed by atoms with Crippen molar-refractivity contribution in [2.24, 2.45) is 5.73 Å². The summed E-state index contributed by atoms with van der Waals surface area (Å²) in [7, 11) is 0. The van der Waals surface area contributed by atoms with Crippen molar-refractivity contribution in [1.82, 2.24) is 10.2 Å². The first-order chi connectivity index (χ1) is 8.59. The number of hydrogen-bond acceptors (Lipinski definition) is 5. The van der Waals surface area contributed by atoms with Crippen molar-refractivity contribution < 1.29 is 19.1 Å². The molecule has 1 aliphatic heterocycles. The van der Waals surface area contributed by atoms with Crippen LogP contribution in [0, 0.1) is 0 Å². The Labute approximate surface area is 105 Å². The Morgan fingerprint density at radius 3 is 2.78 bits per heavy atom. The number of carbonyl (C=O) groups excluding carboxylic acids is 3. The Balaban J connectivity index is 1.69. The summed E-state index contributed by atoms with van der Waals surface area (Å²) in [5.41, 5.74) is 4.91. The van der Waals surface area contributed by atoms with Gasteiger partial charge in [0.25, 0.3) is 0 Å². The second-order valence-corrected chi connectivity index (χ2v) is 4.56. The lowest BCUT2D eigenvalue weighted by Crippen LogP contribution is -2.41. The van der Waals surface area contributed by atoms with Gasteiger partial charge in [-0.1, -0.05) is 0 Å². The van der Waals surface area contributed by atoms with Crippen molar-refractivity contribution in [1.29, 1.82) is 0 Å². The zero-order chi connectivity index (χ0) is 13.1. The molecular formula is C11H17N3O4. The fourth-order valence-electron chi connectivity index (χ4n) is 2.00. The van der Waals surface area contributed by atoms with E-state index in [2.05, 4.69) is 5.32 Å². The molecular weight excluding hydrogens is 238 g/mol. The number of nitrogens with two attached hydrogens (primary N) is 1. The van der Waals surface area contributed by atoms with Gasteiger partial charge in [0.15, 0.2) is 0 Å². The van der Waals surface area contributed by atoms with Gasteiger partial charge in [0.05, 0.1) is 19.1 Å². The molecule has 3 amide bonds. The van der Waals surface area contributed by atoms with E-state index in [1.54, 1.807) is 0 Å². The highest BCUT2D eigenvalue weighted by Gasteiger charge is 2.45. The van der Waals surface area contributed by atoms with Crippen LogP contribution < -0.4 is 11.1 Å². The summed E-state index contributed by atoms with van der Waals surface area (Å²) in [6.45, 7) is 0.563. The van der Waals surface area contributed by atoms with Crippen molar-refractivity contribution in [3.63, 3.8) is 0 Å². The Morgan fingerprint density at radius 1 is 1.44 bits per heavy atom. The minimum atomic E-state index is -0.526. The minimum Gasteiger partial charge on any atom is -0.370 e. The predicted octanol–water partition coefficient (Wildman–Crippen LogP) is -1.63. The monoisotopic (exact) mass is 255 g/mol. The van der Waals surface area contributed by atoms with Crippen LogP contribution in [0.15, 0.2) is 0 Å². The summed E-state index contributed by atoms with van der Waals surface area (Å²) in [5.74, 6) is -0.766. The SMILES string of the molecule is NC(=O)COCCNC1CC(=O)N(C2CC2)C1=O. The van der Waals surface area contributed by atoms with Gasteiger partial charge < -0.3 is 15.8 Å². The van der Waals surface area contributed by atoms with E-state index in [0.29, 0.717) is 6.54 Å². The van der Waals surface area contributed by atoms with Gasteiger partial charge in [-0.2, -0.15) is 0 Å². The number of hydrogen-bond donors (Lipinski definition) is 2. The molecule has 0 radical (unpaired) electrons. The number of likely N-dealkylation sites (tertiary alicyclic amines) is 1. The topological polar surface area (TPSA) is 102 Å². The molecule has 2 aliphatic rings. The van der Waals surface area contributed by atoms with Crippen LogP contribution in [0.5, 0.6) is 0 Å². The van der Waals surface area contributed by atoms with Crippen LogP contribution in [-0.2, 0) is 19.1 Å². The smallest absolute Gasteiger partial charge is 0.247 e. The van der Waals surface area contributed by atoms with E-state index in [0.717, 1.165) is 12.8 Å². The van der Waals surface area contributed by atoms with Gasteiger partial charge >= 0.3 is 0 Å². The van der Waals surface area contributed by atoms with Crippen molar-refractivity contribution >= 4 is 17.7 Å². The number of primary amides is 1. The molecule has 1 heterocycles. The Kier molecular flexibility index (Phi) is 3.93. The van der Waals surface area contributed by atoms with Crippen LogP contribution in [0.4, 0.5) is 0 Å². The van der Waals surface area contributed by atoms with Crippen molar-refractivity contribution in [2.75, 3.05) is 19.8 Å². The van der Waals surface area contributed by atoms with Gasteiger partial charge in [-0.15, -0.1) is 0 Å². The highest BCUT2D eigenvalue weighted by molar-refractivity contribution is 6.06. The van der Waals surface area contributed by atoms with Crippen molar-refractivity contribution in [3.05, 3.63) is 0 Å². The highest BCUT2D eigenvalue weighted by Crippen LogP contribution is 2.31. The standard InChI is InChI=1S/C11H17N3O4/c12-9(15)6-18-4-3-13-8-5-10(16)14(11(8)17)7-1-2-7/h7-8,13H,1-6H2,(H2,12,15). The molecule has 2 rings (SSSR count). The molecule has 0 aromatic carbocycles. The average molecular weight is 255 g/mol. The third-order valence-electron chi connectivity index (χ3n) is 2.98. The maximum absolute atomic E-state index is 11.9. The number of amides is 3. The minimum absolute atomic E-state index is 0.0990. The predicted molar refractivity (Wildman–Crippen MR) is 61.3 cm³/mol. The van der Waals surface area contributed by atoms with E-state index in [1.807, 2.05) is 0 Å². The second-order valence-electron chi connectivity index (χ2n) is 4.56. The zero-order valence-corrected chi connectivity index (χ0v) is 10.1. The quantitative estimate of drug-likeness (QED) is 0.420. The van der Waals surface area contributed by atoms with Gasteiger partial charge in [0, 0.05) is 12.6 Å². The maximum Gasteiger partial charge on any atom is 0.247 e. The summed E-state index contributed by atoms with van der Waals surface area (Å²) in [4.78, 5) is 35.3. The lowest BCUT2D eigenvalue weighted by Gasteiger charge is -2.14. The van der Waals surface area contributed by atoms with Crippen LogP contribution >= 0.6 is 0 Å². The van der Waals surface area contributed by atoms with Gasteiger partial charge in [-0.05, 0) is 12.8 Å². The van der Waals surface area contributed by atoms with Crippen LogP contribution in [0.3, 0.4) is 0 Å². The zero-order valence-electron chi connectivity index (χ0n) is 10.1. The molecule has 3 N–H and O–H groups in total. The highest BCUT2D eigenvalue weighted by atomic mass is 16.5. The number of carbonyl (C=O) groups is 3. The summed E-state index contributed by atoms with van der Waals surface area (Å²) in [5, 5.41) is 2.96. The molecule has 1 unspecified atom stereocenters. The number of imide groups is 1. The molecule has 1 saturated carbocycles. The first-order valence-electron chi connectivity index (χ1n) is 6.05. The largest absolute Gasteiger partial charge is 0.370 e. The molecule has 100 valence electrons. The molecule has 1 saturated heterocycles. The van der Waals surface area contributed by atoms with E-state index in [-0.39, 0.29) is 37.5 Å². The summed E-state index contributed by atoms with van der Waals surface area (Å²) >= 11 is 0. The molecule has 0 bridgehead atoms. The van der Waals surface area contributed by atoms with E-state index in [9.17, 15) is 14.4 Å². The average Bonchev–Trinajstić information content (AvgIpc) is 3.07. The summed E-state index contributed by atoms with van der Waals surface area (Å²) in [6.07, 6.45) is 2.06. The Morgan fingerprint density at radius 2 is 2.17 bits per heavy atom. The first-order valence-corrected chi connectivity index (χ1v) is 6.05. The molecule has 0 spiro atoms. The maximum atomic E-state index is 11.9. The summed E-state index contributed by atoms with van der Waals surface area (Å²) in [6, 6.07) is -0.321. The molecule has 2 fully saturated rings. The van der Waals surface area contributed by atoms with E-state index in [4.69, 9.17) is 10.5 Å². The van der Waals surface area contributed by atoms with E-state index >= 15 is 0 Å². The molecule has 18 heavy (non-hydrogen) atoms. The fourth-order valence-corrected chi connectivity index (χ4v) is 2.00. The second kappa shape index (κ2) is 5.45. The molecule has 0 aromatic heterocycles. The third kappa shape index (κ3) is 3.05. The van der Waals surface area contributed by atoms with E-state index in [1.165, 1.54) is 4.90 Å². The van der Waals surface area contributed by atoms with Gasteiger partial charge in [-0.25, -0.2) is 0 Å². The number of nitrogens with one attached hydrogen (secondary N) is 1. The lowest BCUT2D eigenvalue weighted by molar-refractivity contribution is -0.139. The molecule has 7 nitrogen and oxygen atoms in total. The lowest BCUT2D eigenvalue weighted by atomic mass is 10.2.